The third kappa shape index (κ3) is 4.47. The number of ether oxygens (including phenoxy) is 1. The maximum atomic E-state index is 11.9. The van der Waals surface area contributed by atoms with E-state index in [-0.39, 0.29) is 5.75 Å². The lowest BCUT2D eigenvalue weighted by Gasteiger charge is -2.12. The van der Waals surface area contributed by atoms with Crippen LogP contribution in [0.4, 0.5) is 5.69 Å². The van der Waals surface area contributed by atoms with Gasteiger partial charge in [0.1, 0.15) is 5.75 Å². The predicted octanol–water partition coefficient (Wildman–Crippen LogP) is 5.22. The molecule has 6 nitrogen and oxygen atoms in total. The molecule has 0 aliphatic carbocycles. The smallest absolute Gasteiger partial charge is 0.232 e. The fraction of sp³-hybridized carbons (Fsp3) is 0.231. The van der Waals surface area contributed by atoms with E-state index in [2.05, 4.69) is 40.5 Å². The van der Waals surface area contributed by atoms with E-state index in [1.807, 2.05) is 30.3 Å². The van der Waals surface area contributed by atoms with E-state index in [1.54, 1.807) is 26.2 Å². The number of aryl methyl sites for hydroxylation is 1. The molecule has 7 heteroatoms. The van der Waals surface area contributed by atoms with E-state index in [4.69, 9.17) is 10.5 Å². The van der Waals surface area contributed by atoms with E-state index in [0.717, 1.165) is 51.1 Å². The topological polar surface area (TPSA) is 86.4 Å². The average molecular weight is 464 g/mol. The summed E-state index contributed by atoms with van der Waals surface area (Å²) < 4.78 is 34.0. The molecule has 0 aliphatic heterocycles. The van der Waals surface area contributed by atoms with Crippen LogP contribution in [0.1, 0.15) is 19.4 Å². The second kappa shape index (κ2) is 9.29. The summed E-state index contributed by atoms with van der Waals surface area (Å²) in [6.07, 6.45) is 0. The van der Waals surface area contributed by atoms with Gasteiger partial charge in [-0.15, -0.1) is 0 Å². The number of nitrogens with one attached hydrogen (secondary N) is 1. The van der Waals surface area contributed by atoms with Crippen LogP contribution in [-0.2, 0) is 23.1 Å². The Kier molecular flexibility index (Phi) is 6.44. The second-order valence-corrected chi connectivity index (χ2v) is 9.83. The van der Waals surface area contributed by atoms with Gasteiger partial charge in [-0.05, 0) is 72.5 Å². The Balaban J connectivity index is 1.83. The first-order valence-electron chi connectivity index (χ1n) is 11.0. The molecule has 33 heavy (non-hydrogen) atoms. The summed E-state index contributed by atoms with van der Waals surface area (Å²) in [5.74, 6) is 0.850. The lowest BCUT2D eigenvalue weighted by Crippen LogP contribution is -2.14. The van der Waals surface area contributed by atoms with Crippen LogP contribution >= 0.6 is 0 Å². The van der Waals surface area contributed by atoms with Gasteiger partial charge in [0.2, 0.25) is 10.0 Å². The molecule has 0 saturated heterocycles. The fourth-order valence-corrected chi connectivity index (χ4v) is 4.86. The highest BCUT2D eigenvalue weighted by Gasteiger charge is 2.18. The summed E-state index contributed by atoms with van der Waals surface area (Å²) in [4.78, 5) is 0. The lowest BCUT2D eigenvalue weighted by atomic mass is 10.0. The Morgan fingerprint density at radius 1 is 0.939 bits per heavy atom. The van der Waals surface area contributed by atoms with Crippen molar-refractivity contribution in [2.45, 2.75) is 26.9 Å². The summed E-state index contributed by atoms with van der Waals surface area (Å²) in [6.45, 7) is 4.91. The molecule has 0 atom stereocenters. The van der Waals surface area contributed by atoms with Gasteiger partial charge in [-0.2, -0.15) is 0 Å². The van der Waals surface area contributed by atoms with Gasteiger partial charge in [-0.1, -0.05) is 30.3 Å². The minimum absolute atomic E-state index is 0.0335. The molecule has 0 aliphatic rings. The Morgan fingerprint density at radius 2 is 1.64 bits per heavy atom. The minimum atomic E-state index is -3.32. The maximum Gasteiger partial charge on any atom is 0.232 e. The molecule has 1 aromatic heterocycles. The molecule has 3 N–H and O–H groups in total. The first kappa shape index (κ1) is 22.9. The van der Waals surface area contributed by atoms with Gasteiger partial charge < -0.3 is 15.0 Å². The third-order valence-electron chi connectivity index (χ3n) is 5.90. The zero-order chi connectivity index (χ0) is 23.6. The number of benzene rings is 3. The molecule has 172 valence electrons. The summed E-state index contributed by atoms with van der Waals surface area (Å²) >= 11 is 0. The predicted molar refractivity (Wildman–Crippen MR) is 136 cm³/mol. The first-order chi connectivity index (χ1) is 15.9. The number of fused-ring (bicyclic) bond motifs is 1. The van der Waals surface area contributed by atoms with E-state index in [9.17, 15) is 8.42 Å². The van der Waals surface area contributed by atoms with Crippen molar-refractivity contribution in [3.05, 3.63) is 72.3 Å². The van der Waals surface area contributed by atoms with E-state index in [0.29, 0.717) is 12.2 Å². The molecule has 3 aromatic carbocycles. The van der Waals surface area contributed by atoms with Crippen LogP contribution in [0.3, 0.4) is 0 Å². The summed E-state index contributed by atoms with van der Waals surface area (Å²) in [5, 5.41) is 1.12. The SMILES string of the molecule is CCn1c(-c2ccc(NS(=O)(=O)CC)cc2)c(CN)c2cc(-c3cccc(OC)c3)ccc21. The normalized spacial score (nSPS) is 11.6. The summed E-state index contributed by atoms with van der Waals surface area (Å²) in [7, 11) is -1.65. The van der Waals surface area contributed by atoms with Gasteiger partial charge in [0.05, 0.1) is 18.6 Å². The number of rotatable bonds is 8. The van der Waals surface area contributed by atoms with Gasteiger partial charge >= 0.3 is 0 Å². The zero-order valence-electron chi connectivity index (χ0n) is 19.1. The molecule has 0 fully saturated rings. The van der Waals surface area contributed by atoms with Gasteiger partial charge in [0.25, 0.3) is 0 Å². The second-order valence-electron chi connectivity index (χ2n) is 7.82. The highest BCUT2D eigenvalue weighted by atomic mass is 32.2. The van der Waals surface area contributed by atoms with Crippen LogP contribution in [0.2, 0.25) is 0 Å². The molecule has 0 bridgehead atoms. The Hall–Kier alpha value is -3.29. The van der Waals surface area contributed by atoms with Crippen LogP contribution in [0, 0.1) is 0 Å². The van der Waals surface area contributed by atoms with Gasteiger partial charge in [0, 0.05) is 29.7 Å². The highest BCUT2D eigenvalue weighted by Crippen LogP contribution is 2.37. The van der Waals surface area contributed by atoms with Gasteiger partial charge in [0.15, 0.2) is 0 Å². The van der Waals surface area contributed by atoms with Crippen LogP contribution in [0.5, 0.6) is 5.75 Å². The van der Waals surface area contributed by atoms with Crippen LogP contribution in [0.15, 0.2) is 66.7 Å². The first-order valence-corrected chi connectivity index (χ1v) is 12.7. The molecular formula is C26H29N3O3S. The molecule has 4 aromatic rings. The van der Waals surface area contributed by atoms with Crippen molar-refractivity contribution < 1.29 is 13.2 Å². The van der Waals surface area contributed by atoms with Crippen molar-refractivity contribution in [1.29, 1.82) is 0 Å². The molecule has 0 amide bonds. The quantitative estimate of drug-likeness (QED) is 0.375. The molecule has 1 heterocycles. The van der Waals surface area contributed by atoms with Gasteiger partial charge in [-0.3, -0.25) is 4.72 Å². The fourth-order valence-electron chi connectivity index (χ4n) is 4.22. The zero-order valence-corrected chi connectivity index (χ0v) is 19.9. The number of anilines is 1. The van der Waals surface area contributed by atoms with E-state index < -0.39 is 10.0 Å². The number of hydrogen-bond donors (Lipinski definition) is 2. The van der Waals surface area contributed by atoms with Crippen LogP contribution < -0.4 is 15.2 Å². The molecule has 0 unspecified atom stereocenters. The van der Waals surface area contributed by atoms with Crippen molar-refractivity contribution in [2.24, 2.45) is 5.73 Å². The van der Waals surface area contributed by atoms with Crippen molar-refractivity contribution in [3.8, 4) is 28.1 Å². The number of methoxy groups -OCH3 is 1. The van der Waals surface area contributed by atoms with E-state index >= 15 is 0 Å². The number of nitrogens with two attached hydrogens (primary N) is 1. The summed E-state index contributed by atoms with van der Waals surface area (Å²) in [5.41, 5.74) is 13.2. The number of aromatic nitrogens is 1. The standard InChI is InChI=1S/C26H29N3O3S/c1-4-29-25-14-11-20(19-7-6-8-22(15-19)32-3)16-23(25)24(17-27)26(29)18-9-12-21(13-10-18)28-33(30,31)5-2/h6-16,28H,4-5,17,27H2,1-3H3. The monoisotopic (exact) mass is 463 g/mol. The molecule has 4 rings (SSSR count). The molecular weight excluding hydrogens is 434 g/mol. The number of sulfonamides is 1. The Morgan fingerprint density at radius 3 is 2.27 bits per heavy atom. The highest BCUT2D eigenvalue weighted by molar-refractivity contribution is 7.92. The summed E-state index contributed by atoms with van der Waals surface area (Å²) in [6, 6.07) is 21.9. The van der Waals surface area contributed by atoms with Gasteiger partial charge in [-0.25, -0.2) is 8.42 Å². The van der Waals surface area contributed by atoms with Crippen LogP contribution in [0.25, 0.3) is 33.3 Å². The van der Waals surface area contributed by atoms with Crippen molar-refractivity contribution in [3.63, 3.8) is 0 Å². The third-order valence-corrected chi connectivity index (χ3v) is 7.21. The Labute approximate surface area is 195 Å². The van der Waals surface area contributed by atoms with Crippen molar-refractivity contribution in [2.75, 3.05) is 17.6 Å². The number of nitrogens with zero attached hydrogens (tertiary/aromatic N) is 1. The average Bonchev–Trinajstić information content (AvgIpc) is 3.17. The van der Waals surface area contributed by atoms with Crippen molar-refractivity contribution >= 4 is 26.6 Å². The maximum absolute atomic E-state index is 11.9. The minimum Gasteiger partial charge on any atom is -0.497 e. The molecule has 0 saturated carbocycles. The lowest BCUT2D eigenvalue weighted by molar-refractivity contribution is 0.415. The van der Waals surface area contributed by atoms with Crippen LogP contribution in [-0.4, -0.2) is 25.8 Å². The number of hydrogen-bond acceptors (Lipinski definition) is 4. The Bertz CT molecular complexity index is 1390. The van der Waals surface area contributed by atoms with E-state index in [1.165, 1.54) is 0 Å². The van der Waals surface area contributed by atoms with Crippen molar-refractivity contribution in [1.82, 2.24) is 4.57 Å². The largest absolute Gasteiger partial charge is 0.497 e. The molecule has 0 radical (unpaired) electrons. The molecule has 0 spiro atoms.